The van der Waals surface area contributed by atoms with Gasteiger partial charge in [0, 0.05) is 31.3 Å². The van der Waals surface area contributed by atoms with Gasteiger partial charge in [-0.2, -0.15) is 0 Å². The van der Waals surface area contributed by atoms with Gasteiger partial charge < -0.3 is 14.0 Å². The highest BCUT2D eigenvalue weighted by atomic mass is 16.5. The minimum atomic E-state index is 0.462. The van der Waals surface area contributed by atoms with Crippen molar-refractivity contribution in [1.82, 2.24) is 10.1 Å². The van der Waals surface area contributed by atoms with E-state index in [9.17, 15) is 0 Å². The Bertz CT molecular complexity index is 535. The van der Waals surface area contributed by atoms with Crippen LogP contribution in [0.2, 0.25) is 0 Å². The van der Waals surface area contributed by atoms with Crippen LogP contribution in [0, 0.1) is 0 Å². The molecule has 5 nitrogen and oxygen atoms in total. The van der Waals surface area contributed by atoms with E-state index in [1.807, 2.05) is 36.4 Å². The fraction of sp³-hybridized carbons (Fsp3) is 0.438. The lowest BCUT2D eigenvalue weighted by Gasteiger charge is -2.26. The van der Waals surface area contributed by atoms with Gasteiger partial charge in [0.25, 0.3) is 0 Å². The van der Waals surface area contributed by atoms with Crippen LogP contribution >= 0.6 is 0 Å². The van der Waals surface area contributed by atoms with Crippen LogP contribution in [0.25, 0.3) is 11.3 Å². The lowest BCUT2D eigenvalue weighted by Crippen LogP contribution is -2.38. The van der Waals surface area contributed by atoms with E-state index in [1.165, 1.54) is 0 Å². The molecule has 0 N–H and O–H groups in total. The smallest absolute Gasteiger partial charge is 0.163 e. The number of nitrogens with zero attached hydrogens (tertiary/aromatic N) is 2. The highest BCUT2D eigenvalue weighted by molar-refractivity contribution is 5.58. The Morgan fingerprint density at radius 3 is 2.76 bits per heavy atom. The second-order valence-electron chi connectivity index (χ2n) is 5.05. The van der Waals surface area contributed by atoms with Crippen LogP contribution in [0.5, 0.6) is 0 Å². The number of morpholine rings is 1. The largest absolute Gasteiger partial charge is 0.379 e. The number of rotatable bonds is 6. The summed E-state index contributed by atoms with van der Waals surface area (Å²) in [7, 11) is 0. The van der Waals surface area contributed by atoms with Crippen molar-refractivity contribution in [3.63, 3.8) is 0 Å². The van der Waals surface area contributed by atoms with Crippen molar-refractivity contribution in [1.29, 1.82) is 0 Å². The molecule has 0 amide bonds. The lowest BCUT2D eigenvalue weighted by atomic mass is 10.1. The lowest BCUT2D eigenvalue weighted by molar-refractivity contribution is 0.0155. The third-order valence-electron chi connectivity index (χ3n) is 3.53. The van der Waals surface area contributed by atoms with Gasteiger partial charge in [0.2, 0.25) is 0 Å². The van der Waals surface area contributed by atoms with Crippen LogP contribution in [-0.2, 0) is 16.1 Å². The molecule has 1 aliphatic heterocycles. The van der Waals surface area contributed by atoms with Gasteiger partial charge in [-0.15, -0.1) is 0 Å². The highest BCUT2D eigenvalue weighted by Gasteiger charge is 2.10. The molecule has 0 radical (unpaired) electrons. The number of ether oxygens (including phenoxy) is 2. The maximum absolute atomic E-state index is 5.66. The normalized spacial score (nSPS) is 16.2. The van der Waals surface area contributed by atoms with E-state index in [-0.39, 0.29) is 0 Å². The van der Waals surface area contributed by atoms with Crippen molar-refractivity contribution >= 4 is 0 Å². The van der Waals surface area contributed by atoms with Gasteiger partial charge in [0.05, 0.1) is 19.8 Å². The molecule has 5 heteroatoms. The van der Waals surface area contributed by atoms with E-state index >= 15 is 0 Å². The van der Waals surface area contributed by atoms with Gasteiger partial charge in [-0.05, 0) is 0 Å². The topological polar surface area (TPSA) is 47.7 Å². The molecule has 0 aliphatic carbocycles. The molecule has 1 aliphatic rings. The molecule has 2 aromatic rings. The molecule has 0 atom stereocenters. The summed E-state index contributed by atoms with van der Waals surface area (Å²) in [5.74, 6) is 0.760. The van der Waals surface area contributed by atoms with Gasteiger partial charge in [-0.1, -0.05) is 35.5 Å². The molecule has 3 rings (SSSR count). The predicted molar refractivity (Wildman–Crippen MR) is 78.9 cm³/mol. The zero-order valence-electron chi connectivity index (χ0n) is 12.0. The van der Waals surface area contributed by atoms with Gasteiger partial charge in [0.1, 0.15) is 12.3 Å². The van der Waals surface area contributed by atoms with Crippen LogP contribution in [-0.4, -0.2) is 49.5 Å². The minimum absolute atomic E-state index is 0.462. The summed E-state index contributed by atoms with van der Waals surface area (Å²) in [6, 6.07) is 11.9. The maximum atomic E-state index is 5.66. The molecule has 0 bridgehead atoms. The monoisotopic (exact) mass is 288 g/mol. The first-order chi connectivity index (χ1) is 10.4. The van der Waals surface area contributed by atoms with E-state index in [0.717, 1.165) is 49.9 Å². The second kappa shape index (κ2) is 7.36. The van der Waals surface area contributed by atoms with Crippen molar-refractivity contribution in [3.8, 4) is 11.3 Å². The number of benzene rings is 1. The van der Waals surface area contributed by atoms with Crippen molar-refractivity contribution < 1.29 is 14.0 Å². The van der Waals surface area contributed by atoms with Crippen molar-refractivity contribution in [2.45, 2.75) is 6.61 Å². The minimum Gasteiger partial charge on any atom is -0.379 e. The maximum Gasteiger partial charge on any atom is 0.163 e. The van der Waals surface area contributed by atoms with Crippen molar-refractivity contribution in [2.75, 3.05) is 39.5 Å². The van der Waals surface area contributed by atoms with E-state index in [1.54, 1.807) is 0 Å². The predicted octanol–water partition coefficient (Wildman–Crippen LogP) is 2.19. The van der Waals surface area contributed by atoms with Gasteiger partial charge in [-0.25, -0.2) is 0 Å². The van der Waals surface area contributed by atoms with Crippen LogP contribution in [0.3, 0.4) is 0 Å². The van der Waals surface area contributed by atoms with Crippen LogP contribution in [0.1, 0.15) is 5.76 Å². The Morgan fingerprint density at radius 2 is 1.95 bits per heavy atom. The Kier molecular flexibility index (Phi) is 4.99. The molecule has 0 unspecified atom stereocenters. The summed E-state index contributed by atoms with van der Waals surface area (Å²) >= 11 is 0. The first-order valence-corrected chi connectivity index (χ1v) is 7.31. The van der Waals surface area contributed by atoms with E-state index < -0.39 is 0 Å². The summed E-state index contributed by atoms with van der Waals surface area (Å²) in [6.45, 7) is 5.72. The average Bonchev–Trinajstić information content (AvgIpc) is 3.02. The second-order valence-corrected chi connectivity index (χ2v) is 5.05. The summed E-state index contributed by atoms with van der Waals surface area (Å²) in [6.07, 6.45) is 0. The van der Waals surface area contributed by atoms with Crippen molar-refractivity contribution in [3.05, 3.63) is 42.2 Å². The van der Waals surface area contributed by atoms with Crippen LogP contribution in [0.15, 0.2) is 40.9 Å². The van der Waals surface area contributed by atoms with Gasteiger partial charge >= 0.3 is 0 Å². The van der Waals surface area contributed by atoms with E-state index in [2.05, 4.69) is 10.1 Å². The van der Waals surface area contributed by atoms with Gasteiger partial charge in [0.15, 0.2) is 5.76 Å². The van der Waals surface area contributed by atoms with Gasteiger partial charge in [-0.3, -0.25) is 4.90 Å². The molecule has 2 heterocycles. The summed E-state index contributed by atoms with van der Waals surface area (Å²) < 4.78 is 16.3. The molecule has 112 valence electrons. The fourth-order valence-electron chi connectivity index (χ4n) is 2.32. The van der Waals surface area contributed by atoms with E-state index in [0.29, 0.717) is 13.2 Å². The van der Waals surface area contributed by atoms with Crippen molar-refractivity contribution in [2.24, 2.45) is 0 Å². The zero-order chi connectivity index (χ0) is 14.3. The number of hydrogen-bond donors (Lipinski definition) is 0. The quantitative estimate of drug-likeness (QED) is 0.763. The van der Waals surface area contributed by atoms with Crippen LogP contribution < -0.4 is 0 Å². The third kappa shape index (κ3) is 4.14. The molecular formula is C16H20N2O3. The summed E-state index contributed by atoms with van der Waals surface area (Å²) in [4.78, 5) is 2.35. The first kappa shape index (κ1) is 14.3. The molecule has 0 saturated carbocycles. The Labute approximate surface area is 124 Å². The number of hydrogen-bond acceptors (Lipinski definition) is 5. The number of aromatic nitrogens is 1. The SMILES string of the molecule is c1ccc(-c2cc(COCCN3CCOCC3)on2)cc1. The summed E-state index contributed by atoms with van der Waals surface area (Å²) in [5.41, 5.74) is 1.91. The summed E-state index contributed by atoms with van der Waals surface area (Å²) in [5, 5.41) is 4.07. The Balaban J connectivity index is 1.42. The molecule has 1 aromatic carbocycles. The zero-order valence-corrected chi connectivity index (χ0v) is 12.0. The standard InChI is InChI=1S/C16H20N2O3/c1-2-4-14(5-3-1)16-12-15(21-17-16)13-20-11-8-18-6-9-19-10-7-18/h1-5,12H,6-11,13H2. The first-order valence-electron chi connectivity index (χ1n) is 7.31. The van der Waals surface area contributed by atoms with E-state index in [4.69, 9.17) is 14.0 Å². The van der Waals surface area contributed by atoms with Crippen LogP contribution in [0.4, 0.5) is 0 Å². The Morgan fingerprint density at radius 1 is 1.14 bits per heavy atom. The Hall–Kier alpha value is -1.69. The average molecular weight is 288 g/mol. The molecule has 1 fully saturated rings. The third-order valence-corrected chi connectivity index (χ3v) is 3.53. The molecule has 0 spiro atoms. The molecule has 21 heavy (non-hydrogen) atoms. The highest BCUT2D eigenvalue weighted by Crippen LogP contribution is 2.18. The fourth-order valence-corrected chi connectivity index (χ4v) is 2.32. The molecular weight excluding hydrogens is 268 g/mol. The molecule has 1 aromatic heterocycles. The molecule has 1 saturated heterocycles.